The van der Waals surface area contributed by atoms with E-state index in [1.165, 1.54) is 60.4 Å². The van der Waals surface area contributed by atoms with E-state index in [4.69, 9.17) is 4.98 Å². The first-order chi connectivity index (χ1) is 11.6. The van der Waals surface area contributed by atoms with Gasteiger partial charge in [-0.05, 0) is 49.8 Å². The third-order valence-corrected chi connectivity index (χ3v) is 5.80. The van der Waals surface area contributed by atoms with Gasteiger partial charge in [0.2, 0.25) is 5.91 Å². The number of nitrogens with zero attached hydrogens (tertiary/aromatic N) is 1. The average molecular weight is 343 g/mol. The fourth-order valence-electron chi connectivity index (χ4n) is 3.44. The quantitative estimate of drug-likeness (QED) is 0.805. The number of thioether (sulfide) groups is 1. The lowest BCUT2D eigenvalue weighted by molar-refractivity contribution is -0.118. The second-order valence-electron chi connectivity index (χ2n) is 6.85. The fourth-order valence-corrected chi connectivity index (χ4v) is 4.24. The molecule has 0 bridgehead atoms. The number of carbonyl (C=O) groups excluding carboxylic acids is 1. The maximum absolute atomic E-state index is 12.1. The van der Waals surface area contributed by atoms with Gasteiger partial charge in [0.05, 0.1) is 16.3 Å². The zero-order valence-corrected chi connectivity index (χ0v) is 15.4. The first-order valence-corrected chi connectivity index (χ1v) is 9.88. The average Bonchev–Trinajstić information content (AvgIpc) is 2.60. The van der Waals surface area contributed by atoms with Crippen molar-refractivity contribution in [2.24, 2.45) is 5.92 Å². The van der Waals surface area contributed by atoms with E-state index in [9.17, 15) is 4.79 Å². The smallest absolute Gasteiger partial charge is 0.230 e. The van der Waals surface area contributed by atoms with Gasteiger partial charge in [-0.1, -0.05) is 49.2 Å². The summed E-state index contributed by atoms with van der Waals surface area (Å²) >= 11 is 1.53. The van der Waals surface area contributed by atoms with Crippen molar-refractivity contribution >= 4 is 28.6 Å². The van der Waals surface area contributed by atoms with Crippen LogP contribution in [0.3, 0.4) is 0 Å². The van der Waals surface area contributed by atoms with Gasteiger partial charge < -0.3 is 5.32 Å². The number of aromatic nitrogens is 1. The molecule has 1 aliphatic carbocycles. The summed E-state index contributed by atoms with van der Waals surface area (Å²) in [5, 5.41) is 5.23. The van der Waals surface area contributed by atoms with E-state index >= 15 is 0 Å². The van der Waals surface area contributed by atoms with Gasteiger partial charge in [0.15, 0.2) is 0 Å². The minimum Gasteiger partial charge on any atom is -0.355 e. The van der Waals surface area contributed by atoms with Crippen LogP contribution in [-0.2, 0) is 4.79 Å². The van der Waals surface area contributed by atoms with E-state index in [0.29, 0.717) is 11.7 Å². The van der Waals surface area contributed by atoms with Crippen molar-refractivity contribution < 1.29 is 4.79 Å². The molecule has 1 aliphatic rings. The monoisotopic (exact) mass is 342 g/mol. The summed E-state index contributed by atoms with van der Waals surface area (Å²) in [4.78, 5) is 16.9. The molecule has 128 valence electrons. The highest BCUT2D eigenvalue weighted by molar-refractivity contribution is 7.99. The molecule has 0 aliphatic heterocycles. The molecule has 1 aromatic heterocycles. The summed E-state index contributed by atoms with van der Waals surface area (Å²) in [6.07, 6.45) is 6.51. The van der Waals surface area contributed by atoms with Crippen LogP contribution >= 0.6 is 11.8 Å². The Morgan fingerprint density at radius 1 is 1.21 bits per heavy atom. The fraction of sp³-hybridized carbons (Fsp3) is 0.500. The Hall–Kier alpha value is -1.55. The largest absolute Gasteiger partial charge is 0.355 e. The van der Waals surface area contributed by atoms with Crippen molar-refractivity contribution in [2.75, 3.05) is 12.3 Å². The molecule has 1 fully saturated rings. The molecule has 1 heterocycles. The zero-order valence-electron chi connectivity index (χ0n) is 14.6. The Kier molecular flexibility index (Phi) is 5.77. The van der Waals surface area contributed by atoms with Gasteiger partial charge in [-0.15, -0.1) is 0 Å². The Balaban J connectivity index is 1.57. The van der Waals surface area contributed by atoms with Gasteiger partial charge in [0.25, 0.3) is 0 Å². The van der Waals surface area contributed by atoms with Gasteiger partial charge in [0, 0.05) is 11.9 Å². The van der Waals surface area contributed by atoms with Crippen molar-refractivity contribution in [2.45, 2.75) is 51.0 Å². The van der Waals surface area contributed by atoms with Crippen molar-refractivity contribution in [1.29, 1.82) is 0 Å². The molecular formula is C20H26N2OS. The molecule has 0 saturated heterocycles. The lowest BCUT2D eigenvalue weighted by Gasteiger charge is -2.21. The van der Waals surface area contributed by atoms with Crippen LogP contribution in [0.5, 0.6) is 0 Å². The molecule has 24 heavy (non-hydrogen) atoms. The number of nitrogens with one attached hydrogen (secondary N) is 1. The van der Waals surface area contributed by atoms with E-state index in [2.05, 4.69) is 43.4 Å². The van der Waals surface area contributed by atoms with Crippen molar-refractivity contribution in [3.63, 3.8) is 0 Å². The SMILES string of the molecule is Cc1cc(SCC(=O)NCC2CCCCC2)nc2c(C)cccc12. The van der Waals surface area contributed by atoms with Crippen LogP contribution in [0.25, 0.3) is 10.9 Å². The summed E-state index contributed by atoms with van der Waals surface area (Å²) < 4.78 is 0. The maximum Gasteiger partial charge on any atom is 0.230 e. The third-order valence-electron chi connectivity index (χ3n) is 4.89. The maximum atomic E-state index is 12.1. The molecule has 1 N–H and O–H groups in total. The van der Waals surface area contributed by atoms with Gasteiger partial charge >= 0.3 is 0 Å². The zero-order chi connectivity index (χ0) is 16.9. The van der Waals surface area contributed by atoms with Crippen molar-refractivity contribution in [3.8, 4) is 0 Å². The lowest BCUT2D eigenvalue weighted by Crippen LogP contribution is -2.31. The van der Waals surface area contributed by atoms with Crippen molar-refractivity contribution in [1.82, 2.24) is 10.3 Å². The van der Waals surface area contributed by atoms with E-state index in [1.807, 2.05) is 0 Å². The second kappa shape index (κ2) is 8.02. The molecule has 3 nitrogen and oxygen atoms in total. The number of rotatable bonds is 5. The molecule has 0 atom stereocenters. The van der Waals surface area contributed by atoms with E-state index < -0.39 is 0 Å². The normalized spacial score (nSPS) is 15.6. The number of para-hydroxylation sites is 1. The lowest BCUT2D eigenvalue weighted by atomic mass is 9.89. The minimum absolute atomic E-state index is 0.120. The summed E-state index contributed by atoms with van der Waals surface area (Å²) in [6.45, 7) is 5.03. The Labute approximate surface area is 148 Å². The van der Waals surface area contributed by atoms with Gasteiger partial charge in [0.1, 0.15) is 0 Å². The molecular weight excluding hydrogens is 316 g/mol. The topological polar surface area (TPSA) is 42.0 Å². The van der Waals surface area contributed by atoms with Crippen LogP contribution in [0.2, 0.25) is 0 Å². The van der Waals surface area contributed by atoms with E-state index in [0.717, 1.165) is 17.1 Å². The highest BCUT2D eigenvalue weighted by Gasteiger charge is 2.14. The summed E-state index contributed by atoms with van der Waals surface area (Å²) in [6, 6.07) is 8.34. The van der Waals surface area contributed by atoms with Crippen LogP contribution in [0.4, 0.5) is 0 Å². The molecule has 1 saturated carbocycles. The Morgan fingerprint density at radius 2 is 2.00 bits per heavy atom. The van der Waals surface area contributed by atoms with Crippen LogP contribution in [0, 0.1) is 19.8 Å². The van der Waals surface area contributed by atoms with Crippen LogP contribution in [0.15, 0.2) is 29.3 Å². The Morgan fingerprint density at radius 3 is 2.79 bits per heavy atom. The number of hydrogen-bond acceptors (Lipinski definition) is 3. The van der Waals surface area contributed by atoms with Crippen LogP contribution in [0.1, 0.15) is 43.2 Å². The standard InChI is InChI=1S/C20H26N2OS/c1-14-7-6-10-17-15(2)11-19(22-20(14)17)24-13-18(23)21-12-16-8-4-3-5-9-16/h6-7,10-11,16H,3-5,8-9,12-13H2,1-2H3,(H,21,23). The molecule has 1 amide bonds. The number of fused-ring (bicyclic) bond motifs is 1. The predicted octanol–water partition coefficient (Wildman–Crippen LogP) is 4.64. The van der Waals surface area contributed by atoms with Gasteiger partial charge in [-0.3, -0.25) is 4.79 Å². The molecule has 3 rings (SSSR count). The van der Waals surface area contributed by atoms with Crippen molar-refractivity contribution in [3.05, 3.63) is 35.4 Å². The van der Waals surface area contributed by atoms with Gasteiger partial charge in [-0.25, -0.2) is 4.98 Å². The summed E-state index contributed by atoms with van der Waals surface area (Å²) in [5.74, 6) is 1.24. The molecule has 4 heteroatoms. The first kappa shape index (κ1) is 17.3. The number of benzene rings is 1. The summed E-state index contributed by atoms with van der Waals surface area (Å²) in [5.41, 5.74) is 3.44. The number of pyridine rings is 1. The molecule has 1 aromatic carbocycles. The van der Waals surface area contributed by atoms with E-state index in [1.54, 1.807) is 0 Å². The molecule has 2 aromatic rings. The number of hydrogen-bond donors (Lipinski definition) is 1. The predicted molar refractivity (Wildman–Crippen MR) is 102 cm³/mol. The number of aryl methyl sites for hydroxylation is 2. The van der Waals surface area contributed by atoms with Crippen LogP contribution < -0.4 is 5.32 Å². The number of amides is 1. The molecule has 0 unspecified atom stereocenters. The first-order valence-electron chi connectivity index (χ1n) is 8.90. The van der Waals surface area contributed by atoms with E-state index in [-0.39, 0.29) is 5.91 Å². The van der Waals surface area contributed by atoms with Gasteiger partial charge in [-0.2, -0.15) is 0 Å². The highest BCUT2D eigenvalue weighted by atomic mass is 32.2. The minimum atomic E-state index is 0.120. The third kappa shape index (κ3) is 4.29. The summed E-state index contributed by atoms with van der Waals surface area (Å²) in [7, 11) is 0. The Bertz CT molecular complexity index is 723. The van der Waals surface area contributed by atoms with Crippen LogP contribution in [-0.4, -0.2) is 23.2 Å². The molecule has 0 radical (unpaired) electrons. The number of carbonyl (C=O) groups is 1. The molecule has 0 spiro atoms. The second-order valence-corrected chi connectivity index (χ2v) is 7.84. The highest BCUT2D eigenvalue weighted by Crippen LogP contribution is 2.26.